The third-order valence-corrected chi connectivity index (χ3v) is 6.02. The number of benzene rings is 2. The van der Waals surface area contributed by atoms with Crippen LogP contribution in [0.3, 0.4) is 0 Å². The maximum Gasteiger partial charge on any atom is 0.300 e. The summed E-state index contributed by atoms with van der Waals surface area (Å²) in [6.45, 7) is 1.88. The predicted molar refractivity (Wildman–Crippen MR) is 109 cm³/mol. The van der Waals surface area contributed by atoms with Crippen molar-refractivity contribution in [3.8, 4) is 5.69 Å². The number of nitrogens with zero attached hydrogens (tertiary/aromatic N) is 4. The molecule has 136 valence electrons. The first-order valence-corrected chi connectivity index (χ1v) is 9.88. The molecule has 27 heavy (non-hydrogen) atoms. The molecule has 0 atom stereocenters. The smallest absolute Gasteiger partial charge is 0.279 e. The maximum atomic E-state index is 12.9. The van der Waals surface area contributed by atoms with Crippen LogP contribution in [0.25, 0.3) is 11.3 Å². The third kappa shape index (κ3) is 3.36. The van der Waals surface area contributed by atoms with Crippen molar-refractivity contribution in [2.75, 3.05) is 0 Å². The van der Waals surface area contributed by atoms with Gasteiger partial charge in [0, 0.05) is 28.2 Å². The van der Waals surface area contributed by atoms with Crippen LogP contribution in [-0.4, -0.2) is 19.2 Å². The average molecular weight is 417 g/mol. The summed E-state index contributed by atoms with van der Waals surface area (Å²) in [7, 11) is 0. The summed E-state index contributed by atoms with van der Waals surface area (Å²) in [4.78, 5) is 12.9. The van der Waals surface area contributed by atoms with Crippen LogP contribution < -0.4 is 5.56 Å². The molecule has 0 amide bonds. The number of halogens is 2. The van der Waals surface area contributed by atoms with Crippen molar-refractivity contribution in [3.63, 3.8) is 0 Å². The van der Waals surface area contributed by atoms with E-state index >= 15 is 0 Å². The first-order chi connectivity index (χ1) is 13.1. The van der Waals surface area contributed by atoms with Crippen molar-refractivity contribution in [2.24, 2.45) is 0 Å². The van der Waals surface area contributed by atoms with Crippen molar-refractivity contribution in [2.45, 2.75) is 17.8 Å². The summed E-state index contributed by atoms with van der Waals surface area (Å²) in [5.74, 6) is 0.636. The first-order valence-electron chi connectivity index (χ1n) is 8.14. The lowest BCUT2D eigenvalue weighted by molar-refractivity contribution is 0.890. The Morgan fingerprint density at radius 2 is 1.78 bits per heavy atom. The summed E-state index contributed by atoms with van der Waals surface area (Å²) in [6.07, 6.45) is 3.49. The van der Waals surface area contributed by atoms with E-state index in [0.29, 0.717) is 21.0 Å². The second-order valence-electron chi connectivity index (χ2n) is 5.91. The molecular formula is C19H14Cl2N4OS. The fraction of sp³-hybridized carbons (Fsp3) is 0.105. The molecule has 0 aliphatic heterocycles. The minimum Gasteiger partial charge on any atom is -0.279 e. The highest BCUT2D eigenvalue weighted by Gasteiger charge is 2.14. The van der Waals surface area contributed by atoms with Gasteiger partial charge in [-0.2, -0.15) is 0 Å². The molecule has 5 nitrogen and oxygen atoms in total. The molecule has 2 aromatic carbocycles. The standard InChI is InChI=1S/C19H14Cl2N4OS/c1-12-14(20)7-4-8-16(12)24-9-10-25-17(18(24)26)22-23-19(25)27-11-13-5-2-3-6-15(13)21/h2-10H,11H2,1H3. The fourth-order valence-corrected chi connectivity index (χ4v) is 4.14. The number of rotatable bonds is 4. The zero-order chi connectivity index (χ0) is 19.0. The lowest BCUT2D eigenvalue weighted by Crippen LogP contribution is -2.21. The largest absolute Gasteiger partial charge is 0.300 e. The summed E-state index contributed by atoms with van der Waals surface area (Å²) in [5, 5.41) is 10.2. The van der Waals surface area contributed by atoms with Gasteiger partial charge in [-0.3, -0.25) is 13.8 Å². The molecule has 0 spiro atoms. The lowest BCUT2D eigenvalue weighted by atomic mass is 10.2. The normalized spacial score (nSPS) is 11.2. The molecule has 0 unspecified atom stereocenters. The molecule has 0 bridgehead atoms. The minimum absolute atomic E-state index is 0.250. The Hall–Kier alpha value is -2.28. The highest BCUT2D eigenvalue weighted by molar-refractivity contribution is 7.98. The molecule has 0 aliphatic carbocycles. The van der Waals surface area contributed by atoms with Gasteiger partial charge in [0.1, 0.15) is 0 Å². The van der Waals surface area contributed by atoms with E-state index in [9.17, 15) is 4.79 Å². The van der Waals surface area contributed by atoms with Crippen molar-refractivity contribution >= 4 is 40.6 Å². The Kier molecular flexibility index (Phi) is 4.95. The van der Waals surface area contributed by atoms with E-state index in [1.165, 1.54) is 16.3 Å². The van der Waals surface area contributed by atoms with E-state index in [1.54, 1.807) is 22.9 Å². The van der Waals surface area contributed by atoms with Gasteiger partial charge in [0.05, 0.1) is 5.69 Å². The van der Waals surface area contributed by atoms with E-state index in [-0.39, 0.29) is 11.2 Å². The van der Waals surface area contributed by atoms with Gasteiger partial charge < -0.3 is 0 Å². The molecule has 8 heteroatoms. The van der Waals surface area contributed by atoms with Crippen LogP contribution >= 0.6 is 35.0 Å². The molecule has 2 aromatic heterocycles. The van der Waals surface area contributed by atoms with Gasteiger partial charge in [0.15, 0.2) is 5.16 Å². The maximum absolute atomic E-state index is 12.9. The minimum atomic E-state index is -0.250. The molecular weight excluding hydrogens is 403 g/mol. The summed E-state index contributed by atoms with van der Waals surface area (Å²) in [5.41, 5.74) is 2.57. The summed E-state index contributed by atoms with van der Waals surface area (Å²) >= 11 is 13.9. The second kappa shape index (κ2) is 7.38. The van der Waals surface area contributed by atoms with E-state index in [2.05, 4.69) is 10.2 Å². The van der Waals surface area contributed by atoms with Crippen LogP contribution in [0.5, 0.6) is 0 Å². The van der Waals surface area contributed by atoms with Crippen LogP contribution in [0.15, 0.2) is 64.8 Å². The van der Waals surface area contributed by atoms with Gasteiger partial charge >= 0.3 is 5.56 Å². The molecule has 0 N–H and O–H groups in total. The van der Waals surface area contributed by atoms with Crippen LogP contribution in [0.1, 0.15) is 11.1 Å². The van der Waals surface area contributed by atoms with Crippen LogP contribution in [-0.2, 0) is 5.75 Å². The highest BCUT2D eigenvalue weighted by atomic mass is 35.5. The first kappa shape index (κ1) is 18.1. The van der Waals surface area contributed by atoms with Gasteiger partial charge in [-0.15, -0.1) is 10.2 Å². The molecule has 4 aromatic rings. The highest BCUT2D eigenvalue weighted by Crippen LogP contribution is 2.26. The Morgan fingerprint density at radius 1 is 1.00 bits per heavy atom. The van der Waals surface area contributed by atoms with Crippen LogP contribution in [0, 0.1) is 6.92 Å². The zero-order valence-corrected chi connectivity index (χ0v) is 16.6. The molecule has 0 radical (unpaired) electrons. The van der Waals surface area contributed by atoms with Crippen LogP contribution in [0.4, 0.5) is 0 Å². The van der Waals surface area contributed by atoms with E-state index < -0.39 is 0 Å². The molecule has 0 aliphatic rings. The van der Waals surface area contributed by atoms with Crippen molar-refractivity contribution in [1.82, 2.24) is 19.2 Å². The summed E-state index contributed by atoms with van der Waals surface area (Å²) in [6, 6.07) is 13.1. The Balaban J connectivity index is 1.71. The SMILES string of the molecule is Cc1c(Cl)cccc1-n1ccn2c(SCc3ccccc3Cl)nnc2c1=O. The van der Waals surface area contributed by atoms with Gasteiger partial charge in [-0.05, 0) is 36.2 Å². The topological polar surface area (TPSA) is 52.2 Å². The van der Waals surface area contributed by atoms with Gasteiger partial charge in [0.2, 0.25) is 5.65 Å². The quantitative estimate of drug-likeness (QED) is 0.448. The summed E-state index contributed by atoms with van der Waals surface area (Å²) < 4.78 is 3.23. The van der Waals surface area contributed by atoms with E-state index in [1.807, 2.05) is 43.3 Å². The molecule has 4 rings (SSSR count). The van der Waals surface area contributed by atoms with Crippen molar-refractivity contribution < 1.29 is 0 Å². The van der Waals surface area contributed by atoms with Crippen LogP contribution in [0.2, 0.25) is 10.0 Å². The lowest BCUT2D eigenvalue weighted by Gasteiger charge is -2.10. The monoisotopic (exact) mass is 416 g/mol. The zero-order valence-electron chi connectivity index (χ0n) is 14.3. The van der Waals surface area contributed by atoms with E-state index in [4.69, 9.17) is 23.2 Å². The molecule has 0 saturated carbocycles. The van der Waals surface area contributed by atoms with Gasteiger partial charge in [0.25, 0.3) is 0 Å². The fourth-order valence-electron chi connectivity index (χ4n) is 2.77. The number of fused-ring (bicyclic) bond motifs is 1. The number of thioether (sulfide) groups is 1. The Morgan fingerprint density at radius 3 is 2.59 bits per heavy atom. The third-order valence-electron chi connectivity index (χ3n) is 4.25. The van der Waals surface area contributed by atoms with Crippen molar-refractivity contribution in [1.29, 1.82) is 0 Å². The van der Waals surface area contributed by atoms with E-state index in [0.717, 1.165) is 16.8 Å². The second-order valence-corrected chi connectivity index (χ2v) is 7.67. The Bertz CT molecular complexity index is 1200. The molecule has 0 saturated heterocycles. The number of hydrogen-bond donors (Lipinski definition) is 0. The predicted octanol–water partition coefficient (Wildman–Crippen LogP) is 4.79. The van der Waals surface area contributed by atoms with Gasteiger partial charge in [-0.25, -0.2) is 0 Å². The Labute approximate surface area is 169 Å². The average Bonchev–Trinajstić information content (AvgIpc) is 3.08. The molecule has 2 heterocycles. The number of aromatic nitrogens is 4. The molecule has 0 fully saturated rings. The number of hydrogen-bond acceptors (Lipinski definition) is 4. The van der Waals surface area contributed by atoms with Crippen molar-refractivity contribution in [3.05, 3.63) is 86.4 Å². The van der Waals surface area contributed by atoms with Gasteiger partial charge in [-0.1, -0.05) is 59.2 Å².